The lowest BCUT2D eigenvalue weighted by Gasteiger charge is -2.09. The van der Waals surface area contributed by atoms with Gasteiger partial charge in [-0.1, -0.05) is 29.8 Å². The number of benzene rings is 1. The van der Waals surface area contributed by atoms with Crippen LogP contribution in [0.2, 0.25) is 5.02 Å². The van der Waals surface area contributed by atoms with E-state index in [9.17, 15) is 4.79 Å². The predicted octanol–water partition coefficient (Wildman–Crippen LogP) is 5.02. The summed E-state index contributed by atoms with van der Waals surface area (Å²) in [6, 6.07) is 11.7. The zero-order valence-corrected chi connectivity index (χ0v) is 21.7. The van der Waals surface area contributed by atoms with E-state index in [1.54, 1.807) is 17.5 Å². The summed E-state index contributed by atoms with van der Waals surface area (Å²) in [5.74, 6) is 1.79. The van der Waals surface area contributed by atoms with Gasteiger partial charge in [0.25, 0.3) is 0 Å². The second kappa shape index (κ2) is 10.9. The molecule has 0 saturated heterocycles. The van der Waals surface area contributed by atoms with Crippen molar-refractivity contribution in [3.05, 3.63) is 92.6 Å². The fourth-order valence-electron chi connectivity index (χ4n) is 3.82. The molecule has 0 unspecified atom stereocenters. The van der Waals surface area contributed by atoms with Crippen LogP contribution in [0.4, 0.5) is 0 Å². The van der Waals surface area contributed by atoms with Gasteiger partial charge in [-0.2, -0.15) is 0 Å². The Kier molecular flexibility index (Phi) is 7.73. The van der Waals surface area contributed by atoms with Gasteiger partial charge in [-0.3, -0.25) is 19.3 Å². The van der Waals surface area contributed by atoms with Crippen LogP contribution in [0.5, 0.6) is 0 Å². The number of nitrogens with one attached hydrogen (secondary N) is 1. The van der Waals surface area contributed by atoms with Gasteiger partial charge in [-0.25, -0.2) is 0 Å². The number of carbonyl (C=O) groups is 1. The molecule has 0 atom stereocenters. The van der Waals surface area contributed by atoms with Crippen LogP contribution in [-0.2, 0) is 17.8 Å². The Labute approximate surface area is 213 Å². The first kappa shape index (κ1) is 24.8. The van der Waals surface area contributed by atoms with E-state index >= 15 is 0 Å². The third kappa shape index (κ3) is 5.66. The van der Waals surface area contributed by atoms with Gasteiger partial charge in [-0.15, -0.1) is 21.5 Å². The van der Waals surface area contributed by atoms with Gasteiger partial charge in [0.05, 0.1) is 5.71 Å². The molecule has 4 heterocycles. The predicted molar refractivity (Wildman–Crippen MR) is 141 cm³/mol. The molecule has 0 spiro atoms. The molecule has 3 aromatic heterocycles. The monoisotopic (exact) mass is 506 g/mol. The third-order valence-corrected chi connectivity index (χ3v) is 7.15. The molecule has 4 aromatic rings. The molecule has 7 nitrogen and oxygen atoms in total. The van der Waals surface area contributed by atoms with Crippen molar-refractivity contribution < 1.29 is 4.79 Å². The lowest BCUT2D eigenvalue weighted by molar-refractivity contribution is -0.118. The fraction of sp³-hybridized carbons (Fsp3) is 0.269. The normalized spacial score (nSPS) is 12.0. The molecule has 0 saturated carbocycles. The van der Waals surface area contributed by atoms with Crippen LogP contribution in [0.3, 0.4) is 0 Å². The van der Waals surface area contributed by atoms with Gasteiger partial charge in [0.15, 0.2) is 5.82 Å². The van der Waals surface area contributed by atoms with Crippen LogP contribution in [0.15, 0.2) is 53.8 Å². The first-order valence-corrected chi connectivity index (χ1v) is 12.5. The molecule has 180 valence electrons. The molecule has 1 aromatic carbocycles. The van der Waals surface area contributed by atoms with Crippen LogP contribution in [0.25, 0.3) is 5.00 Å². The standard InChI is InChI=1S/C17H15ClN4S.C9H12N2O/c1-9-10(2)23-17-15(9)16(12-4-6-13(18)7-5-12)19-8-14-21-20-11(3)22(14)17;1-8(12)11-6-4-9-3-2-5-10-7-9/h4-7H,8H2,1-3H3;2-3,5,7H,4,6H2,1H3,(H,11,12). The fourth-order valence-corrected chi connectivity index (χ4v) is 5.17. The van der Waals surface area contributed by atoms with E-state index in [1.165, 1.54) is 22.9 Å². The topological polar surface area (TPSA) is 85.1 Å². The summed E-state index contributed by atoms with van der Waals surface area (Å²) in [6.45, 7) is 9.01. The van der Waals surface area contributed by atoms with Crippen molar-refractivity contribution in [1.29, 1.82) is 0 Å². The number of carbonyl (C=O) groups excluding carboxylic acids is 1. The molecular formula is C26H27ClN6OS. The second-order valence-electron chi connectivity index (χ2n) is 8.23. The van der Waals surface area contributed by atoms with Gasteiger partial charge in [-0.05, 0) is 56.5 Å². The Morgan fingerprint density at radius 2 is 1.91 bits per heavy atom. The number of aromatic nitrogens is 4. The molecule has 1 N–H and O–H groups in total. The maximum Gasteiger partial charge on any atom is 0.216 e. The summed E-state index contributed by atoms with van der Waals surface area (Å²) in [4.78, 5) is 20.6. The molecule has 0 bridgehead atoms. The molecule has 1 amide bonds. The number of nitrogens with zero attached hydrogens (tertiary/aromatic N) is 5. The van der Waals surface area contributed by atoms with E-state index < -0.39 is 0 Å². The van der Waals surface area contributed by atoms with Gasteiger partial charge in [0, 0.05) is 46.9 Å². The highest BCUT2D eigenvalue weighted by atomic mass is 35.5. The largest absolute Gasteiger partial charge is 0.356 e. The summed E-state index contributed by atoms with van der Waals surface area (Å²) in [7, 11) is 0. The quantitative estimate of drug-likeness (QED) is 0.421. The SMILES string of the molecule is CC(=O)NCCc1cccnc1.Cc1sc2c(c1C)C(c1ccc(Cl)cc1)=NCc1nnc(C)n1-2. The van der Waals surface area contributed by atoms with Crippen LogP contribution in [-0.4, -0.2) is 37.9 Å². The van der Waals surface area contributed by atoms with Gasteiger partial charge < -0.3 is 5.32 Å². The number of rotatable bonds is 4. The van der Waals surface area contributed by atoms with Crippen LogP contribution >= 0.6 is 22.9 Å². The Bertz CT molecular complexity index is 1360. The number of halogens is 1. The molecular weight excluding hydrogens is 480 g/mol. The lowest BCUT2D eigenvalue weighted by atomic mass is 10.00. The van der Waals surface area contributed by atoms with Crippen LogP contribution in [0.1, 0.15) is 45.7 Å². The summed E-state index contributed by atoms with van der Waals surface area (Å²) < 4.78 is 2.13. The first-order valence-electron chi connectivity index (χ1n) is 11.3. The molecule has 1 aliphatic heterocycles. The summed E-state index contributed by atoms with van der Waals surface area (Å²) in [5.41, 5.74) is 5.67. The number of thiophene rings is 1. The van der Waals surface area contributed by atoms with Crippen molar-refractivity contribution in [2.75, 3.05) is 6.54 Å². The minimum Gasteiger partial charge on any atom is -0.356 e. The zero-order chi connectivity index (χ0) is 24.9. The van der Waals surface area contributed by atoms with E-state index in [1.807, 2.05) is 49.5 Å². The number of aryl methyl sites for hydroxylation is 2. The molecule has 9 heteroatoms. The van der Waals surface area contributed by atoms with E-state index in [2.05, 4.69) is 38.9 Å². The Morgan fingerprint density at radius 1 is 1.14 bits per heavy atom. The number of hydrogen-bond acceptors (Lipinski definition) is 6. The molecule has 35 heavy (non-hydrogen) atoms. The summed E-state index contributed by atoms with van der Waals surface area (Å²) >= 11 is 7.80. The summed E-state index contributed by atoms with van der Waals surface area (Å²) in [5, 5.41) is 13.1. The Hall–Kier alpha value is -3.36. The van der Waals surface area contributed by atoms with Crippen molar-refractivity contribution in [3.8, 4) is 5.00 Å². The number of fused-ring (bicyclic) bond motifs is 3. The van der Waals surface area contributed by atoms with Crippen molar-refractivity contribution in [1.82, 2.24) is 25.1 Å². The highest BCUT2D eigenvalue weighted by molar-refractivity contribution is 7.15. The molecule has 0 radical (unpaired) electrons. The smallest absolute Gasteiger partial charge is 0.216 e. The van der Waals surface area contributed by atoms with Crippen molar-refractivity contribution in [2.45, 2.75) is 40.7 Å². The van der Waals surface area contributed by atoms with Gasteiger partial charge >= 0.3 is 0 Å². The first-order chi connectivity index (χ1) is 16.8. The van der Waals surface area contributed by atoms with Crippen molar-refractivity contribution in [2.24, 2.45) is 4.99 Å². The summed E-state index contributed by atoms with van der Waals surface area (Å²) in [6.07, 6.45) is 4.39. The molecule has 0 aliphatic carbocycles. The molecule has 5 rings (SSSR count). The lowest BCUT2D eigenvalue weighted by Crippen LogP contribution is -2.22. The highest BCUT2D eigenvalue weighted by Gasteiger charge is 2.26. The van der Waals surface area contributed by atoms with Crippen LogP contribution < -0.4 is 5.32 Å². The van der Waals surface area contributed by atoms with E-state index in [-0.39, 0.29) is 5.91 Å². The maximum absolute atomic E-state index is 10.5. The van der Waals surface area contributed by atoms with Gasteiger partial charge in [0.2, 0.25) is 5.91 Å². The average molecular weight is 507 g/mol. The second-order valence-corrected chi connectivity index (χ2v) is 9.87. The minimum atomic E-state index is 0.0129. The highest BCUT2D eigenvalue weighted by Crippen LogP contribution is 2.36. The van der Waals surface area contributed by atoms with E-state index in [4.69, 9.17) is 16.6 Å². The van der Waals surface area contributed by atoms with Crippen LogP contribution in [0, 0.1) is 20.8 Å². The maximum atomic E-state index is 10.5. The van der Waals surface area contributed by atoms with E-state index in [0.29, 0.717) is 13.1 Å². The Balaban J connectivity index is 0.000000204. The van der Waals surface area contributed by atoms with Crippen molar-refractivity contribution in [3.63, 3.8) is 0 Å². The van der Waals surface area contributed by atoms with Gasteiger partial charge in [0.1, 0.15) is 17.4 Å². The number of pyridine rings is 1. The zero-order valence-electron chi connectivity index (χ0n) is 20.2. The third-order valence-electron chi connectivity index (χ3n) is 5.71. The number of amides is 1. The average Bonchev–Trinajstić information content (AvgIpc) is 3.29. The molecule has 1 aliphatic rings. The molecule has 0 fully saturated rings. The number of aliphatic imine (C=N–C) groups is 1. The minimum absolute atomic E-state index is 0.0129. The van der Waals surface area contributed by atoms with Crippen molar-refractivity contribution >= 4 is 34.6 Å². The van der Waals surface area contributed by atoms with E-state index in [0.717, 1.165) is 44.9 Å². The number of hydrogen-bond donors (Lipinski definition) is 1. The Morgan fingerprint density at radius 3 is 2.60 bits per heavy atom.